The molecule has 164 valence electrons. The van der Waals surface area contributed by atoms with Gasteiger partial charge in [-0.3, -0.25) is 14.9 Å². The summed E-state index contributed by atoms with van der Waals surface area (Å²) in [5, 5.41) is 5.79. The third-order valence-corrected chi connectivity index (χ3v) is 5.17. The van der Waals surface area contributed by atoms with E-state index in [-0.39, 0.29) is 16.9 Å². The molecule has 1 fully saturated rings. The molecule has 32 heavy (non-hydrogen) atoms. The maximum Gasteiger partial charge on any atom is 0.289 e. The summed E-state index contributed by atoms with van der Waals surface area (Å²) >= 11 is 5.20. The fourth-order valence-corrected chi connectivity index (χ4v) is 3.56. The van der Waals surface area contributed by atoms with Crippen molar-refractivity contribution in [1.29, 1.82) is 0 Å². The van der Waals surface area contributed by atoms with Gasteiger partial charge < -0.3 is 24.0 Å². The lowest BCUT2D eigenvalue weighted by molar-refractivity contribution is -0.115. The molecule has 3 heterocycles. The smallest absolute Gasteiger partial charge is 0.289 e. The number of thiocarbonyl (C=S) groups is 1. The van der Waals surface area contributed by atoms with Crippen molar-refractivity contribution >= 4 is 46.6 Å². The van der Waals surface area contributed by atoms with Crippen molar-refractivity contribution in [3.63, 3.8) is 0 Å². The Bertz CT molecular complexity index is 1080. The maximum absolute atomic E-state index is 12.4. The molecule has 0 atom stereocenters. The van der Waals surface area contributed by atoms with Gasteiger partial charge in [0.2, 0.25) is 5.91 Å². The number of carbonyl (C=O) groups is 2. The van der Waals surface area contributed by atoms with Gasteiger partial charge in [-0.25, -0.2) is 0 Å². The summed E-state index contributed by atoms with van der Waals surface area (Å²) in [6.07, 6.45) is 5.96. The van der Waals surface area contributed by atoms with Crippen molar-refractivity contribution in [3.05, 3.63) is 78.7 Å². The molecule has 2 amide bonds. The number of nitrogens with zero attached hydrogens (tertiary/aromatic N) is 2. The first-order valence-electron chi connectivity index (χ1n) is 10.1. The number of anilines is 2. The van der Waals surface area contributed by atoms with Gasteiger partial charge in [-0.15, -0.1) is 0 Å². The second-order valence-electron chi connectivity index (χ2n) is 7.10. The molecule has 0 unspecified atom stereocenters. The Morgan fingerprint density at radius 3 is 2.31 bits per heavy atom. The number of furan rings is 2. The van der Waals surface area contributed by atoms with Gasteiger partial charge in [-0.1, -0.05) is 0 Å². The van der Waals surface area contributed by atoms with Crippen LogP contribution in [0.3, 0.4) is 0 Å². The highest BCUT2D eigenvalue weighted by Crippen LogP contribution is 2.20. The molecular formula is C23H22N4O4S. The molecule has 4 rings (SSSR count). The molecule has 1 aliphatic rings. The lowest BCUT2D eigenvalue weighted by Gasteiger charge is -2.35. The van der Waals surface area contributed by atoms with Crippen LogP contribution in [0.1, 0.15) is 16.3 Å². The number of amides is 2. The Hall–Kier alpha value is -3.85. The summed E-state index contributed by atoms with van der Waals surface area (Å²) in [5.41, 5.74) is 1.82. The Morgan fingerprint density at radius 1 is 0.938 bits per heavy atom. The third kappa shape index (κ3) is 5.44. The lowest BCUT2D eigenvalue weighted by atomic mass is 10.2. The van der Waals surface area contributed by atoms with E-state index in [1.807, 2.05) is 24.3 Å². The first kappa shape index (κ1) is 21.4. The van der Waals surface area contributed by atoms with Gasteiger partial charge in [0.05, 0.1) is 12.5 Å². The van der Waals surface area contributed by atoms with Crippen LogP contribution < -0.4 is 15.5 Å². The fourth-order valence-electron chi connectivity index (χ4n) is 3.34. The Kier molecular flexibility index (Phi) is 6.66. The van der Waals surface area contributed by atoms with Crippen LogP contribution in [0.25, 0.3) is 6.08 Å². The molecule has 1 aromatic carbocycles. The van der Waals surface area contributed by atoms with E-state index >= 15 is 0 Å². The highest BCUT2D eigenvalue weighted by molar-refractivity contribution is 7.80. The monoisotopic (exact) mass is 450 g/mol. The van der Waals surface area contributed by atoms with E-state index < -0.39 is 0 Å². The van der Waals surface area contributed by atoms with E-state index in [2.05, 4.69) is 15.5 Å². The van der Waals surface area contributed by atoms with E-state index in [1.54, 1.807) is 35.2 Å². The van der Waals surface area contributed by atoms with Gasteiger partial charge in [0, 0.05) is 43.6 Å². The maximum atomic E-state index is 12.4. The van der Waals surface area contributed by atoms with Gasteiger partial charge >= 0.3 is 0 Å². The predicted molar refractivity (Wildman–Crippen MR) is 125 cm³/mol. The summed E-state index contributed by atoms with van der Waals surface area (Å²) in [5.74, 6) is 0.524. The largest absolute Gasteiger partial charge is 0.465 e. The van der Waals surface area contributed by atoms with Crippen molar-refractivity contribution in [2.24, 2.45) is 0 Å². The van der Waals surface area contributed by atoms with Crippen LogP contribution in [-0.4, -0.2) is 48.0 Å². The number of hydrogen-bond acceptors (Lipinski definition) is 6. The van der Waals surface area contributed by atoms with E-state index in [9.17, 15) is 9.59 Å². The molecule has 0 saturated carbocycles. The van der Waals surface area contributed by atoms with Gasteiger partial charge in [0.25, 0.3) is 5.91 Å². The zero-order valence-corrected chi connectivity index (χ0v) is 18.0. The number of benzene rings is 1. The van der Waals surface area contributed by atoms with E-state index in [4.69, 9.17) is 21.1 Å². The molecule has 0 radical (unpaired) electrons. The highest BCUT2D eigenvalue weighted by Gasteiger charge is 2.23. The number of nitrogens with one attached hydrogen (secondary N) is 2. The molecule has 2 N–H and O–H groups in total. The minimum Gasteiger partial charge on any atom is -0.465 e. The lowest BCUT2D eigenvalue weighted by Crippen LogP contribution is -2.48. The molecule has 1 aliphatic heterocycles. The van der Waals surface area contributed by atoms with Crippen LogP contribution in [0.5, 0.6) is 0 Å². The minimum absolute atomic E-state index is 0.0798. The molecule has 3 aromatic rings. The van der Waals surface area contributed by atoms with Crippen molar-refractivity contribution in [2.75, 3.05) is 36.4 Å². The molecular weight excluding hydrogens is 428 g/mol. The molecule has 2 aromatic heterocycles. The molecule has 9 heteroatoms. The van der Waals surface area contributed by atoms with Gasteiger partial charge in [0.15, 0.2) is 10.9 Å². The molecule has 0 aliphatic carbocycles. The van der Waals surface area contributed by atoms with E-state index in [1.165, 1.54) is 18.6 Å². The molecule has 0 spiro atoms. The zero-order chi connectivity index (χ0) is 22.3. The zero-order valence-electron chi connectivity index (χ0n) is 17.2. The Labute approximate surface area is 190 Å². The summed E-state index contributed by atoms with van der Waals surface area (Å²) < 4.78 is 10.3. The normalized spacial score (nSPS) is 13.9. The standard InChI is InChI=1S/C23H22N4O4S/c28-21(10-9-19-3-1-15-30-19)25-23(32)24-17-5-7-18(8-6-17)26-11-13-27(14-12-26)22(29)20-4-2-16-31-20/h1-10,15-16H,11-14H2,(H2,24,25,28,32)/b10-9-. The minimum atomic E-state index is -0.350. The van der Waals surface area contributed by atoms with Crippen LogP contribution >= 0.6 is 12.2 Å². The summed E-state index contributed by atoms with van der Waals surface area (Å²) in [6.45, 7) is 2.72. The number of carbonyl (C=O) groups excluding carboxylic acids is 2. The predicted octanol–water partition coefficient (Wildman–Crippen LogP) is 3.36. The van der Waals surface area contributed by atoms with Crippen LogP contribution in [0.2, 0.25) is 0 Å². The van der Waals surface area contributed by atoms with E-state index in [0.717, 1.165) is 24.5 Å². The van der Waals surface area contributed by atoms with Crippen molar-refractivity contribution in [2.45, 2.75) is 0 Å². The number of hydrogen-bond donors (Lipinski definition) is 2. The Balaban J connectivity index is 1.25. The quantitative estimate of drug-likeness (QED) is 0.455. The first-order chi connectivity index (χ1) is 15.6. The molecule has 1 saturated heterocycles. The summed E-state index contributed by atoms with van der Waals surface area (Å²) in [4.78, 5) is 28.3. The van der Waals surface area contributed by atoms with Crippen LogP contribution in [0, 0.1) is 0 Å². The van der Waals surface area contributed by atoms with Crippen molar-refractivity contribution < 1.29 is 18.4 Å². The SMILES string of the molecule is O=C(/C=C\c1ccco1)NC(=S)Nc1ccc(N2CCN(C(=O)c3ccco3)CC2)cc1. The summed E-state index contributed by atoms with van der Waals surface area (Å²) in [7, 11) is 0. The average Bonchev–Trinajstić information content (AvgIpc) is 3.52. The van der Waals surface area contributed by atoms with Gasteiger partial charge in [-0.05, 0) is 66.8 Å². The van der Waals surface area contributed by atoms with Crippen molar-refractivity contribution in [1.82, 2.24) is 10.2 Å². The number of piperazine rings is 1. The van der Waals surface area contributed by atoms with Crippen LogP contribution in [0.15, 0.2) is 76.0 Å². The first-order valence-corrected chi connectivity index (χ1v) is 10.5. The van der Waals surface area contributed by atoms with Crippen LogP contribution in [0.4, 0.5) is 11.4 Å². The third-order valence-electron chi connectivity index (χ3n) is 4.97. The van der Waals surface area contributed by atoms with E-state index in [0.29, 0.717) is 24.6 Å². The topological polar surface area (TPSA) is 91.0 Å². The van der Waals surface area contributed by atoms with Gasteiger partial charge in [-0.2, -0.15) is 0 Å². The van der Waals surface area contributed by atoms with Crippen LogP contribution in [-0.2, 0) is 4.79 Å². The average molecular weight is 451 g/mol. The fraction of sp³-hybridized carbons (Fsp3) is 0.174. The van der Waals surface area contributed by atoms with Crippen molar-refractivity contribution in [3.8, 4) is 0 Å². The highest BCUT2D eigenvalue weighted by atomic mass is 32.1. The Morgan fingerprint density at radius 2 is 1.66 bits per heavy atom. The molecule has 0 bridgehead atoms. The molecule has 8 nitrogen and oxygen atoms in total. The second kappa shape index (κ2) is 9.97. The summed E-state index contributed by atoms with van der Waals surface area (Å²) in [6, 6.07) is 14.6. The number of rotatable bonds is 5. The second-order valence-corrected chi connectivity index (χ2v) is 7.50. The van der Waals surface area contributed by atoms with Gasteiger partial charge in [0.1, 0.15) is 5.76 Å².